The van der Waals surface area contributed by atoms with Gasteiger partial charge in [-0.3, -0.25) is 0 Å². The first-order chi connectivity index (χ1) is 5.27. The Bertz CT molecular complexity index is 117. The number of allylic oxidation sites excluding steroid dienone is 2. The third-order valence-electron chi connectivity index (χ3n) is 1.37. The second-order valence-corrected chi connectivity index (χ2v) is 2.64. The molecule has 2 heteroatoms. The van der Waals surface area contributed by atoms with Gasteiger partial charge in [-0.25, -0.2) is 0 Å². The molecule has 0 amide bonds. The van der Waals surface area contributed by atoms with Crippen molar-refractivity contribution in [2.45, 2.75) is 38.7 Å². The number of carbonyl (C=O) groups is 1. The van der Waals surface area contributed by atoms with Gasteiger partial charge in [0.05, 0.1) is 6.10 Å². The molecule has 2 nitrogen and oxygen atoms in total. The average Bonchev–Trinajstić information content (AvgIpc) is 1.96. The SMILES string of the molecule is CC(O)CC/C=C\CCC=O. The van der Waals surface area contributed by atoms with Gasteiger partial charge in [0.25, 0.3) is 0 Å². The molecular weight excluding hydrogens is 140 g/mol. The second kappa shape index (κ2) is 7.48. The number of carbonyl (C=O) groups excluding carboxylic acids is 1. The summed E-state index contributed by atoms with van der Waals surface area (Å²) in [5.74, 6) is 0. The van der Waals surface area contributed by atoms with Crippen molar-refractivity contribution in [1.29, 1.82) is 0 Å². The van der Waals surface area contributed by atoms with E-state index in [1.807, 2.05) is 12.2 Å². The van der Waals surface area contributed by atoms with E-state index in [1.165, 1.54) is 0 Å². The molecule has 0 aliphatic carbocycles. The molecule has 0 aliphatic rings. The maximum Gasteiger partial charge on any atom is 0.120 e. The highest BCUT2D eigenvalue weighted by Gasteiger charge is 1.90. The van der Waals surface area contributed by atoms with Crippen LogP contribution in [0, 0.1) is 0 Å². The molecule has 11 heavy (non-hydrogen) atoms. The van der Waals surface area contributed by atoms with Gasteiger partial charge in [0.15, 0.2) is 0 Å². The maximum atomic E-state index is 9.87. The highest BCUT2D eigenvalue weighted by molar-refractivity contribution is 5.49. The van der Waals surface area contributed by atoms with E-state index in [4.69, 9.17) is 5.11 Å². The van der Waals surface area contributed by atoms with E-state index in [0.717, 1.165) is 25.5 Å². The van der Waals surface area contributed by atoms with Crippen LogP contribution in [0.25, 0.3) is 0 Å². The van der Waals surface area contributed by atoms with Crippen molar-refractivity contribution in [2.24, 2.45) is 0 Å². The van der Waals surface area contributed by atoms with Crippen molar-refractivity contribution >= 4 is 6.29 Å². The van der Waals surface area contributed by atoms with Gasteiger partial charge in [0.2, 0.25) is 0 Å². The van der Waals surface area contributed by atoms with Crippen LogP contribution in [-0.2, 0) is 4.79 Å². The molecule has 1 N–H and O–H groups in total. The summed E-state index contributed by atoms with van der Waals surface area (Å²) in [6.07, 6.45) is 7.82. The fourth-order valence-electron chi connectivity index (χ4n) is 0.737. The molecule has 0 radical (unpaired) electrons. The summed E-state index contributed by atoms with van der Waals surface area (Å²) in [6.45, 7) is 1.78. The Morgan fingerprint density at radius 1 is 1.27 bits per heavy atom. The Morgan fingerprint density at radius 2 is 1.91 bits per heavy atom. The van der Waals surface area contributed by atoms with Gasteiger partial charge < -0.3 is 9.90 Å². The Balaban J connectivity index is 3.09. The third-order valence-corrected chi connectivity index (χ3v) is 1.37. The van der Waals surface area contributed by atoms with Crippen LogP contribution in [0.5, 0.6) is 0 Å². The van der Waals surface area contributed by atoms with E-state index in [9.17, 15) is 4.79 Å². The van der Waals surface area contributed by atoms with E-state index in [0.29, 0.717) is 6.42 Å². The summed E-state index contributed by atoms with van der Waals surface area (Å²) in [7, 11) is 0. The lowest BCUT2D eigenvalue weighted by Gasteiger charge is -1.97. The number of aliphatic hydroxyl groups excluding tert-OH is 1. The van der Waals surface area contributed by atoms with Crippen LogP contribution in [0.4, 0.5) is 0 Å². The summed E-state index contributed by atoms with van der Waals surface area (Å²) in [6, 6.07) is 0. The molecule has 0 bridgehead atoms. The van der Waals surface area contributed by atoms with Gasteiger partial charge >= 0.3 is 0 Å². The Morgan fingerprint density at radius 3 is 2.45 bits per heavy atom. The first-order valence-electron chi connectivity index (χ1n) is 4.04. The number of aldehydes is 1. The number of aliphatic hydroxyl groups is 1. The van der Waals surface area contributed by atoms with Crippen molar-refractivity contribution in [3.8, 4) is 0 Å². The minimum absolute atomic E-state index is 0.217. The molecule has 0 aromatic heterocycles. The summed E-state index contributed by atoms with van der Waals surface area (Å²) in [5.41, 5.74) is 0. The Hall–Kier alpha value is -0.630. The van der Waals surface area contributed by atoms with Gasteiger partial charge in [0, 0.05) is 6.42 Å². The van der Waals surface area contributed by atoms with E-state index < -0.39 is 0 Å². The molecule has 0 heterocycles. The number of hydrogen-bond acceptors (Lipinski definition) is 2. The molecule has 0 fully saturated rings. The van der Waals surface area contributed by atoms with Crippen molar-refractivity contribution in [1.82, 2.24) is 0 Å². The molecule has 0 spiro atoms. The van der Waals surface area contributed by atoms with Crippen molar-refractivity contribution < 1.29 is 9.90 Å². The third kappa shape index (κ3) is 9.37. The van der Waals surface area contributed by atoms with Crippen molar-refractivity contribution in [3.63, 3.8) is 0 Å². The van der Waals surface area contributed by atoms with Crippen LogP contribution >= 0.6 is 0 Å². The molecule has 0 aromatic carbocycles. The first-order valence-corrected chi connectivity index (χ1v) is 4.04. The van der Waals surface area contributed by atoms with Gasteiger partial charge in [-0.05, 0) is 26.2 Å². The van der Waals surface area contributed by atoms with Crippen LogP contribution < -0.4 is 0 Å². The molecule has 64 valence electrons. The number of hydrogen-bond donors (Lipinski definition) is 1. The largest absolute Gasteiger partial charge is 0.393 e. The summed E-state index contributed by atoms with van der Waals surface area (Å²) in [4.78, 5) is 9.87. The zero-order valence-electron chi connectivity index (χ0n) is 6.99. The van der Waals surface area contributed by atoms with Crippen LogP contribution in [0.1, 0.15) is 32.6 Å². The Kier molecular flexibility index (Phi) is 7.05. The standard InChI is InChI=1S/C9H16O2/c1-9(11)7-5-3-2-4-6-8-10/h2-3,8-9,11H,4-7H2,1H3/b3-2-. The molecule has 0 rings (SSSR count). The van der Waals surface area contributed by atoms with E-state index >= 15 is 0 Å². The molecular formula is C9H16O2. The summed E-state index contributed by atoms with van der Waals surface area (Å²) in [5, 5.41) is 8.87. The molecule has 0 aromatic rings. The second-order valence-electron chi connectivity index (χ2n) is 2.64. The monoisotopic (exact) mass is 156 g/mol. The zero-order chi connectivity index (χ0) is 8.53. The van der Waals surface area contributed by atoms with Crippen LogP contribution in [0.2, 0.25) is 0 Å². The fourth-order valence-corrected chi connectivity index (χ4v) is 0.737. The molecule has 0 aliphatic heterocycles. The van der Waals surface area contributed by atoms with Crippen LogP contribution in [0.15, 0.2) is 12.2 Å². The molecule has 1 unspecified atom stereocenters. The zero-order valence-corrected chi connectivity index (χ0v) is 6.99. The predicted molar refractivity (Wildman–Crippen MR) is 45.4 cm³/mol. The van der Waals surface area contributed by atoms with E-state index in [-0.39, 0.29) is 6.10 Å². The molecule has 0 saturated carbocycles. The average molecular weight is 156 g/mol. The lowest BCUT2D eigenvalue weighted by atomic mass is 10.2. The van der Waals surface area contributed by atoms with Crippen molar-refractivity contribution in [2.75, 3.05) is 0 Å². The van der Waals surface area contributed by atoms with E-state index in [1.54, 1.807) is 6.92 Å². The first kappa shape index (κ1) is 10.4. The fraction of sp³-hybridized carbons (Fsp3) is 0.667. The van der Waals surface area contributed by atoms with Gasteiger partial charge in [-0.15, -0.1) is 0 Å². The maximum absolute atomic E-state index is 9.87. The minimum Gasteiger partial charge on any atom is -0.393 e. The van der Waals surface area contributed by atoms with Gasteiger partial charge in [0.1, 0.15) is 6.29 Å². The normalized spacial score (nSPS) is 13.6. The predicted octanol–water partition coefficient (Wildman–Crippen LogP) is 1.68. The van der Waals surface area contributed by atoms with E-state index in [2.05, 4.69) is 0 Å². The van der Waals surface area contributed by atoms with Gasteiger partial charge in [-0.1, -0.05) is 12.2 Å². The van der Waals surface area contributed by atoms with Crippen molar-refractivity contribution in [3.05, 3.63) is 12.2 Å². The van der Waals surface area contributed by atoms with Gasteiger partial charge in [-0.2, -0.15) is 0 Å². The lowest BCUT2D eigenvalue weighted by molar-refractivity contribution is -0.107. The minimum atomic E-state index is -0.217. The molecule has 0 saturated heterocycles. The number of unbranched alkanes of at least 4 members (excludes halogenated alkanes) is 1. The summed E-state index contributed by atoms with van der Waals surface area (Å²) < 4.78 is 0. The Labute approximate surface area is 67.9 Å². The summed E-state index contributed by atoms with van der Waals surface area (Å²) >= 11 is 0. The van der Waals surface area contributed by atoms with Crippen LogP contribution in [-0.4, -0.2) is 17.5 Å². The smallest absolute Gasteiger partial charge is 0.120 e. The van der Waals surface area contributed by atoms with Crippen LogP contribution in [0.3, 0.4) is 0 Å². The lowest BCUT2D eigenvalue weighted by Crippen LogP contribution is -1.96. The molecule has 1 atom stereocenters. The topological polar surface area (TPSA) is 37.3 Å². The number of rotatable bonds is 6. The quantitative estimate of drug-likeness (QED) is 0.361. The highest BCUT2D eigenvalue weighted by Crippen LogP contribution is 1.97. The highest BCUT2D eigenvalue weighted by atomic mass is 16.3.